The maximum absolute atomic E-state index is 12.6. The summed E-state index contributed by atoms with van der Waals surface area (Å²) in [5.74, 6) is 0.857. The Morgan fingerprint density at radius 1 is 1.43 bits per heavy atom. The molecule has 2 aromatic heterocycles. The van der Waals surface area contributed by atoms with Crippen molar-refractivity contribution in [3.05, 3.63) is 16.8 Å². The number of carbonyl (C=O) groups excluding carboxylic acids is 2. The molecule has 0 spiro atoms. The predicted molar refractivity (Wildman–Crippen MR) is 110 cm³/mol. The zero-order valence-electron chi connectivity index (χ0n) is 16.6. The number of thiophene rings is 1. The van der Waals surface area contributed by atoms with Crippen molar-refractivity contribution in [2.45, 2.75) is 39.2 Å². The fourth-order valence-corrected chi connectivity index (χ4v) is 4.47. The minimum absolute atomic E-state index is 0.0703. The summed E-state index contributed by atoms with van der Waals surface area (Å²) < 4.78 is 5.08. The van der Waals surface area contributed by atoms with Gasteiger partial charge in [0.05, 0.1) is 16.9 Å². The van der Waals surface area contributed by atoms with E-state index in [1.807, 2.05) is 18.7 Å². The molecule has 0 bridgehead atoms. The average molecular weight is 406 g/mol. The van der Waals surface area contributed by atoms with Gasteiger partial charge < -0.3 is 20.3 Å². The van der Waals surface area contributed by atoms with Crippen molar-refractivity contribution in [2.24, 2.45) is 0 Å². The number of carbonyl (C=O) groups is 2. The first-order chi connectivity index (χ1) is 13.5. The standard InChI is InChI=1S/C19H27N5O3S/c1-12(10-27-3)23-18(26)16-13(2)15-17(21-11-22-19(15)28-16)20-7-5-9-24-8-4-6-14(24)25/h11-12H,4-10H2,1-3H3,(H,23,26)(H,20,21,22). The number of fused-ring (bicyclic) bond motifs is 1. The molecule has 0 aliphatic carbocycles. The summed E-state index contributed by atoms with van der Waals surface area (Å²) in [6.07, 6.45) is 3.99. The lowest BCUT2D eigenvalue weighted by Gasteiger charge is -2.15. The van der Waals surface area contributed by atoms with Crippen LogP contribution in [0.1, 0.15) is 41.4 Å². The number of ether oxygens (including phenoxy) is 1. The van der Waals surface area contributed by atoms with E-state index in [1.54, 1.807) is 7.11 Å². The molecule has 0 aromatic carbocycles. The van der Waals surface area contributed by atoms with Gasteiger partial charge in [-0.05, 0) is 32.3 Å². The maximum atomic E-state index is 12.6. The summed E-state index contributed by atoms with van der Waals surface area (Å²) in [6, 6.07) is -0.0703. The summed E-state index contributed by atoms with van der Waals surface area (Å²) in [5, 5.41) is 7.18. The van der Waals surface area contributed by atoms with Gasteiger partial charge in [0.2, 0.25) is 5.91 Å². The van der Waals surface area contributed by atoms with Crippen LogP contribution in [-0.4, -0.2) is 66.1 Å². The van der Waals surface area contributed by atoms with Crippen LogP contribution in [0.15, 0.2) is 6.33 Å². The minimum atomic E-state index is -0.122. The van der Waals surface area contributed by atoms with Gasteiger partial charge in [-0.3, -0.25) is 9.59 Å². The fourth-order valence-electron chi connectivity index (χ4n) is 3.42. The molecular weight excluding hydrogens is 378 g/mol. The third-order valence-corrected chi connectivity index (χ3v) is 5.99. The molecule has 8 nitrogen and oxygen atoms in total. The monoisotopic (exact) mass is 405 g/mol. The number of nitrogens with zero attached hydrogens (tertiary/aromatic N) is 3. The zero-order chi connectivity index (χ0) is 20.1. The summed E-state index contributed by atoms with van der Waals surface area (Å²) in [5.41, 5.74) is 0.875. The second kappa shape index (κ2) is 9.29. The number of likely N-dealkylation sites (tertiary alicyclic amines) is 1. The van der Waals surface area contributed by atoms with E-state index in [0.29, 0.717) is 24.4 Å². The average Bonchev–Trinajstić information content (AvgIpc) is 3.22. The molecular formula is C19H27N5O3S. The van der Waals surface area contributed by atoms with Gasteiger partial charge in [-0.25, -0.2) is 9.97 Å². The Kier molecular flexibility index (Phi) is 6.79. The quantitative estimate of drug-likeness (QED) is 0.621. The Morgan fingerprint density at radius 3 is 2.96 bits per heavy atom. The maximum Gasteiger partial charge on any atom is 0.262 e. The van der Waals surface area contributed by atoms with Crippen LogP contribution in [0, 0.1) is 6.92 Å². The molecule has 1 unspecified atom stereocenters. The summed E-state index contributed by atoms with van der Waals surface area (Å²) in [6.45, 7) is 6.61. The topological polar surface area (TPSA) is 96.4 Å². The van der Waals surface area contributed by atoms with Crippen LogP contribution in [0.2, 0.25) is 0 Å². The largest absolute Gasteiger partial charge is 0.383 e. The Morgan fingerprint density at radius 2 is 2.25 bits per heavy atom. The van der Waals surface area contributed by atoms with Crippen molar-refractivity contribution in [3.63, 3.8) is 0 Å². The van der Waals surface area contributed by atoms with Gasteiger partial charge in [-0.1, -0.05) is 0 Å². The zero-order valence-corrected chi connectivity index (χ0v) is 17.4. The number of aromatic nitrogens is 2. The first-order valence-electron chi connectivity index (χ1n) is 9.56. The van der Waals surface area contributed by atoms with E-state index >= 15 is 0 Å². The summed E-state index contributed by atoms with van der Waals surface area (Å²) in [7, 11) is 1.61. The van der Waals surface area contributed by atoms with Crippen molar-refractivity contribution in [2.75, 3.05) is 38.7 Å². The van der Waals surface area contributed by atoms with E-state index in [4.69, 9.17) is 4.74 Å². The lowest BCUT2D eigenvalue weighted by Crippen LogP contribution is -2.35. The fraction of sp³-hybridized carbons (Fsp3) is 0.579. The van der Waals surface area contributed by atoms with Crippen molar-refractivity contribution < 1.29 is 14.3 Å². The van der Waals surface area contributed by atoms with Crippen LogP contribution in [0.4, 0.5) is 5.82 Å². The smallest absolute Gasteiger partial charge is 0.262 e. The molecule has 3 heterocycles. The lowest BCUT2D eigenvalue weighted by molar-refractivity contribution is -0.127. The number of hydrogen-bond donors (Lipinski definition) is 2. The first kappa shape index (κ1) is 20.5. The van der Waals surface area contributed by atoms with Crippen LogP contribution >= 0.6 is 11.3 Å². The Balaban J connectivity index is 1.67. The molecule has 1 fully saturated rings. The number of rotatable bonds is 9. The van der Waals surface area contributed by atoms with E-state index in [2.05, 4.69) is 20.6 Å². The molecule has 0 radical (unpaired) electrons. The highest BCUT2D eigenvalue weighted by Crippen LogP contribution is 2.33. The van der Waals surface area contributed by atoms with E-state index < -0.39 is 0 Å². The van der Waals surface area contributed by atoms with Gasteiger partial charge >= 0.3 is 0 Å². The van der Waals surface area contributed by atoms with Gasteiger partial charge in [0.25, 0.3) is 5.91 Å². The van der Waals surface area contributed by atoms with Gasteiger partial charge in [-0.15, -0.1) is 11.3 Å². The molecule has 1 saturated heterocycles. The molecule has 2 aromatic rings. The Bertz CT molecular complexity index is 853. The van der Waals surface area contributed by atoms with Crippen LogP contribution in [0.5, 0.6) is 0 Å². The van der Waals surface area contributed by atoms with E-state index in [1.165, 1.54) is 17.7 Å². The molecule has 9 heteroatoms. The molecule has 2 N–H and O–H groups in total. The van der Waals surface area contributed by atoms with E-state index in [-0.39, 0.29) is 17.9 Å². The molecule has 3 rings (SSSR count). The number of aryl methyl sites for hydroxylation is 1. The van der Waals surface area contributed by atoms with Crippen LogP contribution in [0.3, 0.4) is 0 Å². The van der Waals surface area contributed by atoms with Crippen molar-refractivity contribution in [3.8, 4) is 0 Å². The van der Waals surface area contributed by atoms with E-state index in [9.17, 15) is 9.59 Å². The third kappa shape index (κ3) is 4.59. The van der Waals surface area contributed by atoms with Crippen molar-refractivity contribution >= 4 is 39.2 Å². The molecule has 152 valence electrons. The second-order valence-electron chi connectivity index (χ2n) is 7.05. The molecule has 1 aliphatic heterocycles. The molecule has 1 atom stereocenters. The SMILES string of the molecule is COCC(C)NC(=O)c1sc2ncnc(NCCCN3CCCC3=O)c2c1C. The van der Waals surface area contributed by atoms with Crippen molar-refractivity contribution in [1.29, 1.82) is 0 Å². The number of methoxy groups -OCH3 is 1. The number of amides is 2. The first-order valence-corrected chi connectivity index (χ1v) is 10.4. The molecule has 0 saturated carbocycles. The van der Waals surface area contributed by atoms with Crippen molar-refractivity contribution in [1.82, 2.24) is 20.2 Å². The summed E-state index contributed by atoms with van der Waals surface area (Å²) in [4.78, 5) is 36.3. The molecule has 2 amide bonds. The molecule has 1 aliphatic rings. The second-order valence-corrected chi connectivity index (χ2v) is 8.05. The van der Waals surface area contributed by atoms with Crippen LogP contribution in [-0.2, 0) is 9.53 Å². The normalized spacial score (nSPS) is 15.2. The highest BCUT2D eigenvalue weighted by molar-refractivity contribution is 7.20. The number of anilines is 1. The number of hydrogen-bond acceptors (Lipinski definition) is 7. The third-order valence-electron chi connectivity index (χ3n) is 4.80. The lowest BCUT2D eigenvalue weighted by atomic mass is 10.2. The van der Waals surface area contributed by atoms with E-state index in [0.717, 1.165) is 47.5 Å². The van der Waals surface area contributed by atoms with Crippen LogP contribution < -0.4 is 10.6 Å². The number of nitrogens with one attached hydrogen (secondary N) is 2. The van der Waals surface area contributed by atoms with Crippen LogP contribution in [0.25, 0.3) is 10.2 Å². The highest BCUT2D eigenvalue weighted by Gasteiger charge is 2.21. The predicted octanol–water partition coefficient (Wildman–Crippen LogP) is 2.19. The minimum Gasteiger partial charge on any atom is -0.383 e. The van der Waals surface area contributed by atoms with Gasteiger partial charge in [-0.2, -0.15) is 0 Å². The Hall–Kier alpha value is -2.26. The Labute approximate surface area is 168 Å². The molecule has 28 heavy (non-hydrogen) atoms. The highest BCUT2D eigenvalue weighted by atomic mass is 32.1. The van der Waals surface area contributed by atoms with Gasteiger partial charge in [0.1, 0.15) is 17.0 Å². The summed E-state index contributed by atoms with van der Waals surface area (Å²) >= 11 is 1.37. The van der Waals surface area contributed by atoms with Gasteiger partial charge in [0, 0.05) is 39.2 Å². The van der Waals surface area contributed by atoms with Gasteiger partial charge in [0.15, 0.2) is 0 Å².